The number of carbonyl (C=O) groups excluding carboxylic acids is 3. The lowest BCUT2D eigenvalue weighted by atomic mass is 10.1. The van der Waals surface area contributed by atoms with E-state index in [-0.39, 0.29) is 18.7 Å². The molecule has 0 radical (unpaired) electrons. The topological polar surface area (TPSA) is 68.6 Å². The van der Waals surface area contributed by atoms with E-state index in [2.05, 4.69) is 18.4 Å². The average Bonchev–Trinajstić information content (AvgIpc) is 3.15. The fraction of sp³-hybridized carbons (Fsp3) is 0.381. The molecule has 6 nitrogen and oxygen atoms in total. The lowest BCUT2D eigenvalue weighted by molar-refractivity contribution is -0.150. The molecule has 7 heteroatoms. The first-order valence-corrected chi connectivity index (χ1v) is 10.2. The number of imide groups is 1. The first-order valence-electron chi connectivity index (χ1n) is 9.36. The van der Waals surface area contributed by atoms with E-state index in [4.69, 9.17) is 4.74 Å². The number of benzene rings is 1. The van der Waals surface area contributed by atoms with Crippen LogP contribution in [0.1, 0.15) is 45.7 Å². The summed E-state index contributed by atoms with van der Waals surface area (Å²) in [6.07, 6.45) is 4.14. The number of amides is 2. The van der Waals surface area contributed by atoms with Crippen LogP contribution < -0.4 is 0 Å². The van der Waals surface area contributed by atoms with E-state index in [9.17, 15) is 14.4 Å². The maximum Gasteiger partial charge on any atom is 0.326 e. The van der Waals surface area contributed by atoms with Crippen molar-refractivity contribution < 1.29 is 19.1 Å². The number of para-hydroxylation sites is 1. The first kappa shape index (κ1) is 20.2. The molecule has 148 valence electrons. The zero-order valence-electron chi connectivity index (χ0n) is 16.5. The molecule has 1 saturated heterocycles. The molecule has 1 fully saturated rings. The van der Waals surface area contributed by atoms with Gasteiger partial charge in [0, 0.05) is 28.7 Å². The second-order valence-electron chi connectivity index (χ2n) is 7.08. The van der Waals surface area contributed by atoms with Crippen LogP contribution in [0.5, 0.6) is 0 Å². The Morgan fingerprint density at radius 2 is 1.93 bits per heavy atom. The van der Waals surface area contributed by atoms with E-state index < -0.39 is 17.1 Å². The maximum atomic E-state index is 12.7. The van der Waals surface area contributed by atoms with Crippen molar-refractivity contribution in [2.75, 3.05) is 6.54 Å². The summed E-state index contributed by atoms with van der Waals surface area (Å²) >= 11 is 0.851. The molecule has 2 aromatic rings. The number of ether oxygens (including phenoxy) is 1. The minimum absolute atomic E-state index is 0.245. The molecule has 3 rings (SSSR count). The van der Waals surface area contributed by atoms with Gasteiger partial charge in [0.25, 0.3) is 11.1 Å². The van der Waals surface area contributed by atoms with E-state index in [0.29, 0.717) is 11.3 Å². The predicted molar refractivity (Wildman–Crippen MR) is 111 cm³/mol. The van der Waals surface area contributed by atoms with Gasteiger partial charge in [-0.3, -0.25) is 19.3 Å². The van der Waals surface area contributed by atoms with Gasteiger partial charge in [-0.2, -0.15) is 0 Å². The Labute approximate surface area is 168 Å². The van der Waals surface area contributed by atoms with Crippen molar-refractivity contribution in [1.82, 2.24) is 9.47 Å². The molecule has 1 aromatic carbocycles. The molecule has 0 spiro atoms. The Morgan fingerprint density at radius 1 is 1.21 bits per heavy atom. The highest BCUT2D eigenvalue weighted by Gasteiger charge is 2.37. The van der Waals surface area contributed by atoms with Gasteiger partial charge in [-0.1, -0.05) is 25.1 Å². The van der Waals surface area contributed by atoms with Crippen LogP contribution in [-0.4, -0.2) is 39.2 Å². The fourth-order valence-electron chi connectivity index (χ4n) is 3.03. The molecule has 2 amide bonds. The lowest BCUT2D eigenvalue weighted by Crippen LogP contribution is -2.35. The van der Waals surface area contributed by atoms with Gasteiger partial charge in [0.1, 0.15) is 6.54 Å². The van der Waals surface area contributed by atoms with Crippen LogP contribution in [0.3, 0.4) is 0 Å². The Hall–Kier alpha value is -2.54. The van der Waals surface area contributed by atoms with Gasteiger partial charge in [0.05, 0.1) is 11.0 Å². The monoisotopic (exact) mass is 400 g/mol. The summed E-state index contributed by atoms with van der Waals surface area (Å²) in [7, 11) is 0. The van der Waals surface area contributed by atoms with E-state index in [1.54, 1.807) is 13.0 Å². The number of thioether (sulfide) groups is 1. The van der Waals surface area contributed by atoms with Crippen molar-refractivity contribution in [1.29, 1.82) is 0 Å². The highest BCUT2D eigenvalue weighted by molar-refractivity contribution is 8.18. The van der Waals surface area contributed by atoms with Crippen LogP contribution >= 0.6 is 11.8 Å². The minimum atomic E-state index is -0.575. The third-order valence-electron chi connectivity index (χ3n) is 4.68. The van der Waals surface area contributed by atoms with Gasteiger partial charge in [0.15, 0.2) is 0 Å². The third kappa shape index (κ3) is 3.99. The molecular formula is C21H24N2O4S. The molecule has 1 aliphatic rings. The highest BCUT2D eigenvalue weighted by Crippen LogP contribution is 2.34. The fourth-order valence-corrected chi connectivity index (χ4v) is 3.85. The van der Waals surface area contributed by atoms with Gasteiger partial charge in [0.2, 0.25) is 0 Å². The van der Waals surface area contributed by atoms with Crippen LogP contribution in [0.2, 0.25) is 0 Å². The SMILES string of the molecule is CC[C@@H](C)OC(=O)CN1C(=O)S/C(=C/c2cn(C(C)C)c3ccccc23)C1=O. The number of fused-ring (bicyclic) bond motifs is 1. The molecule has 0 bridgehead atoms. The summed E-state index contributed by atoms with van der Waals surface area (Å²) in [5.74, 6) is -1.04. The Bertz CT molecular complexity index is 960. The number of hydrogen-bond donors (Lipinski definition) is 0. The van der Waals surface area contributed by atoms with Gasteiger partial charge in [-0.25, -0.2) is 0 Å². The van der Waals surface area contributed by atoms with Gasteiger partial charge in [-0.05, 0) is 51.1 Å². The predicted octanol–water partition coefficient (Wildman–Crippen LogP) is 4.60. The van der Waals surface area contributed by atoms with E-state index >= 15 is 0 Å². The van der Waals surface area contributed by atoms with Gasteiger partial charge >= 0.3 is 5.97 Å². The summed E-state index contributed by atoms with van der Waals surface area (Å²) in [4.78, 5) is 38.2. The van der Waals surface area contributed by atoms with Crippen LogP contribution in [0, 0.1) is 0 Å². The van der Waals surface area contributed by atoms with Crippen molar-refractivity contribution in [3.05, 3.63) is 40.9 Å². The Kier molecular flexibility index (Phi) is 5.93. The molecule has 0 unspecified atom stereocenters. The summed E-state index contributed by atoms with van der Waals surface area (Å²) in [5.41, 5.74) is 1.94. The van der Waals surface area contributed by atoms with Crippen molar-refractivity contribution in [3.8, 4) is 0 Å². The van der Waals surface area contributed by atoms with Gasteiger partial charge < -0.3 is 9.30 Å². The summed E-state index contributed by atoms with van der Waals surface area (Å²) in [6.45, 7) is 7.49. The summed E-state index contributed by atoms with van der Waals surface area (Å²) in [6, 6.07) is 8.21. The highest BCUT2D eigenvalue weighted by atomic mass is 32.2. The zero-order valence-corrected chi connectivity index (χ0v) is 17.3. The van der Waals surface area contributed by atoms with E-state index in [0.717, 1.165) is 33.1 Å². The smallest absolute Gasteiger partial charge is 0.326 e. The van der Waals surface area contributed by atoms with Gasteiger partial charge in [-0.15, -0.1) is 0 Å². The molecular weight excluding hydrogens is 376 g/mol. The van der Waals surface area contributed by atoms with E-state index in [1.807, 2.05) is 37.4 Å². The van der Waals surface area contributed by atoms with E-state index in [1.165, 1.54) is 0 Å². The molecule has 2 heterocycles. The number of esters is 1. The number of nitrogens with zero attached hydrogens (tertiary/aromatic N) is 2. The second kappa shape index (κ2) is 8.22. The third-order valence-corrected chi connectivity index (χ3v) is 5.59. The molecule has 0 aliphatic carbocycles. The zero-order chi connectivity index (χ0) is 20.4. The molecule has 28 heavy (non-hydrogen) atoms. The number of rotatable bonds is 6. The summed E-state index contributed by atoms with van der Waals surface area (Å²) in [5, 5.41) is 0.559. The quantitative estimate of drug-likeness (QED) is 0.524. The first-order chi connectivity index (χ1) is 13.3. The largest absolute Gasteiger partial charge is 0.461 e. The van der Waals surface area contributed by atoms with Crippen LogP contribution in [0.15, 0.2) is 35.4 Å². The maximum absolute atomic E-state index is 12.7. The number of hydrogen-bond acceptors (Lipinski definition) is 5. The molecule has 0 saturated carbocycles. The van der Waals surface area contributed by atoms with Crippen molar-refractivity contribution in [2.45, 2.75) is 46.3 Å². The van der Waals surface area contributed by atoms with Crippen LogP contribution in [-0.2, 0) is 14.3 Å². The van der Waals surface area contributed by atoms with Crippen LogP contribution in [0.4, 0.5) is 4.79 Å². The molecule has 1 aromatic heterocycles. The van der Waals surface area contributed by atoms with Crippen LogP contribution in [0.25, 0.3) is 17.0 Å². The van der Waals surface area contributed by atoms with Crippen molar-refractivity contribution in [2.24, 2.45) is 0 Å². The standard InChI is InChI=1S/C21H24N2O4S/c1-5-14(4)27-19(24)12-23-20(25)18(28-21(23)26)10-15-11-22(13(2)3)17-9-7-6-8-16(15)17/h6-11,13-14H,5,12H2,1-4H3/b18-10+/t14-/m1/s1. The summed E-state index contributed by atoms with van der Waals surface area (Å²) < 4.78 is 7.32. The molecule has 0 N–H and O–H groups in total. The Morgan fingerprint density at radius 3 is 2.61 bits per heavy atom. The average molecular weight is 401 g/mol. The number of carbonyl (C=O) groups is 3. The normalized spacial score (nSPS) is 17.2. The molecule has 1 atom stereocenters. The van der Waals surface area contributed by atoms with Crippen molar-refractivity contribution in [3.63, 3.8) is 0 Å². The second-order valence-corrected chi connectivity index (χ2v) is 8.07. The minimum Gasteiger partial charge on any atom is -0.461 e. The lowest BCUT2D eigenvalue weighted by Gasteiger charge is -2.14. The van der Waals surface area contributed by atoms with Crippen molar-refractivity contribution >= 4 is 45.9 Å². The Balaban J connectivity index is 1.86. The molecule has 1 aliphatic heterocycles. The number of aromatic nitrogens is 1.